The Morgan fingerprint density at radius 3 is 2.80 bits per heavy atom. The third-order valence-corrected chi connectivity index (χ3v) is 3.11. The topological polar surface area (TPSA) is 83.7 Å². The van der Waals surface area contributed by atoms with Crippen molar-refractivity contribution in [1.29, 1.82) is 0 Å². The van der Waals surface area contributed by atoms with Crippen LogP contribution >= 0.6 is 0 Å². The summed E-state index contributed by atoms with van der Waals surface area (Å²) in [5, 5.41) is 11.5. The smallest absolute Gasteiger partial charge is 0.326 e. The number of aromatic nitrogens is 2. The zero-order chi connectivity index (χ0) is 14.7. The molecule has 6 nitrogen and oxygen atoms in total. The van der Waals surface area contributed by atoms with Crippen molar-refractivity contribution in [2.45, 2.75) is 32.7 Å². The molecule has 0 radical (unpaired) electrons. The van der Waals surface area contributed by atoms with Gasteiger partial charge in [-0.05, 0) is 25.5 Å². The molecule has 2 aromatic rings. The standard InChI is InChI=1S/C14H17N3O3/c1-3-5-10(14(19)20)16-13(18)11-8-17-9(2)6-4-7-12(17)15-11/h4,6-8,10H,3,5H2,1-2H3,(H,16,18)(H,19,20). The van der Waals surface area contributed by atoms with Crippen molar-refractivity contribution in [2.75, 3.05) is 0 Å². The van der Waals surface area contributed by atoms with Crippen molar-refractivity contribution < 1.29 is 14.7 Å². The summed E-state index contributed by atoms with van der Waals surface area (Å²) in [5.41, 5.74) is 1.84. The van der Waals surface area contributed by atoms with Crippen molar-refractivity contribution in [3.63, 3.8) is 0 Å². The van der Waals surface area contributed by atoms with Crippen molar-refractivity contribution >= 4 is 17.5 Å². The van der Waals surface area contributed by atoms with E-state index in [4.69, 9.17) is 5.11 Å². The maximum absolute atomic E-state index is 12.1. The molecular formula is C14H17N3O3. The average Bonchev–Trinajstić information content (AvgIpc) is 2.83. The number of rotatable bonds is 5. The molecule has 0 fully saturated rings. The van der Waals surface area contributed by atoms with Crippen molar-refractivity contribution in [1.82, 2.24) is 14.7 Å². The second kappa shape index (κ2) is 5.73. The van der Waals surface area contributed by atoms with Gasteiger partial charge in [-0.1, -0.05) is 19.4 Å². The summed E-state index contributed by atoms with van der Waals surface area (Å²) in [5.74, 6) is -1.49. The number of carboxylic acid groups (broad SMARTS) is 1. The minimum Gasteiger partial charge on any atom is -0.480 e. The summed E-state index contributed by atoms with van der Waals surface area (Å²) in [6.45, 7) is 3.78. The molecule has 106 valence electrons. The summed E-state index contributed by atoms with van der Waals surface area (Å²) in [6.07, 6.45) is 2.69. The molecule has 2 heterocycles. The van der Waals surface area contributed by atoms with Gasteiger partial charge in [-0.25, -0.2) is 9.78 Å². The van der Waals surface area contributed by atoms with Crippen LogP contribution in [0.25, 0.3) is 5.65 Å². The fraction of sp³-hybridized carbons (Fsp3) is 0.357. The van der Waals surface area contributed by atoms with E-state index in [0.29, 0.717) is 18.5 Å². The van der Waals surface area contributed by atoms with Crippen molar-refractivity contribution in [2.24, 2.45) is 0 Å². The van der Waals surface area contributed by atoms with Crippen LogP contribution in [0.1, 0.15) is 35.9 Å². The highest BCUT2D eigenvalue weighted by molar-refractivity contribution is 5.95. The maximum Gasteiger partial charge on any atom is 0.326 e. The number of carbonyl (C=O) groups excluding carboxylic acids is 1. The summed E-state index contributed by atoms with van der Waals surface area (Å²) in [4.78, 5) is 27.3. The van der Waals surface area contributed by atoms with E-state index in [9.17, 15) is 9.59 Å². The van der Waals surface area contributed by atoms with Crippen LogP contribution in [0, 0.1) is 6.92 Å². The van der Waals surface area contributed by atoms with Crippen molar-refractivity contribution in [3.8, 4) is 0 Å². The number of hydrogen-bond acceptors (Lipinski definition) is 3. The van der Waals surface area contributed by atoms with Gasteiger partial charge in [0.05, 0.1) is 0 Å². The van der Waals surface area contributed by atoms with Gasteiger partial charge < -0.3 is 14.8 Å². The Labute approximate surface area is 116 Å². The molecule has 2 N–H and O–H groups in total. The molecule has 2 aromatic heterocycles. The SMILES string of the molecule is CCCC(NC(=O)c1cn2c(C)cccc2n1)C(=O)O. The number of nitrogens with zero attached hydrogens (tertiary/aromatic N) is 2. The Balaban J connectivity index is 2.22. The van der Waals surface area contributed by atoms with E-state index in [2.05, 4.69) is 10.3 Å². The van der Waals surface area contributed by atoms with Crippen LogP contribution in [0.5, 0.6) is 0 Å². The fourth-order valence-corrected chi connectivity index (χ4v) is 2.04. The van der Waals surface area contributed by atoms with E-state index in [-0.39, 0.29) is 5.69 Å². The highest BCUT2D eigenvalue weighted by atomic mass is 16.4. The number of aryl methyl sites for hydroxylation is 1. The lowest BCUT2D eigenvalue weighted by molar-refractivity contribution is -0.139. The van der Waals surface area contributed by atoms with E-state index in [1.165, 1.54) is 0 Å². The van der Waals surface area contributed by atoms with Crippen LogP contribution in [-0.2, 0) is 4.79 Å². The molecule has 0 saturated heterocycles. The summed E-state index contributed by atoms with van der Waals surface area (Å²) < 4.78 is 1.80. The highest BCUT2D eigenvalue weighted by Crippen LogP contribution is 2.09. The van der Waals surface area contributed by atoms with Gasteiger partial charge in [-0.15, -0.1) is 0 Å². The minimum atomic E-state index is -1.03. The molecule has 0 aliphatic rings. The third-order valence-electron chi connectivity index (χ3n) is 3.11. The molecular weight excluding hydrogens is 258 g/mol. The molecule has 6 heteroatoms. The lowest BCUT2D eigenvalue weighted by atomic mass is 10.1. The quantitative estimate of drug-likeness (QED) is 0.868. The molecule has 0 bridgehead atoms. The maximum atomic E-state index is 12.1. The van der Waals surface area contributed by atoms with Gasteiger partial charge in [0.1, 0.15) is 17.4 Å². The number of carboxylic acids is 1. The zero-order valence-electron chi connectivity index (χ0n) is 11.5. The molecule has 20 heavy (non-hydrogen) atoms. The van der Waals surface area contributed by atoms with E-state index in [0.717, 1.165) is 5.69 Å². The van der Waals surface area contributed by atoms with Gasteiger partial charge in [0.15, 0.2) is 0 Å². The number of nitrogens with one attached hydrogen (secondary N) is 1. The molecule has 1 atom stereocenters. The third kappa shape index (κ3) is 2.79. The number of fused-ring (bicyclic) bond motifs is 1. The Morgan fingerprint density at radius 1 is 1.45 bits per heavy atom. The monoisotopic (exact) mass is 275 g/mol. The van der Waals surface area contributed by atoms with Gasteiger partial charge in [0.2, 0.25) is 0 Å². The number of amides is 1. The van der Waals surface area contributed by atoms with Gasteiger partial charge in [0.25, 0.3) is 5.91 Å². The van der Waals surface area contributed by atoms with Crippen molar-refractivity contribution in [3.05, 3.63) is 35.8 Å². The largest absolute Gasteiger partial charge is 0.480 e. The molecule has 2 rings (SSSR count). The van der Waals surface area contributed by atoms with Gasteiger partial charge in [0, 0.05) is 11.9 Å². The first-order valence-corrected chi connectivity index (χ1v) is 6.51. The van der Waals surface area contributed by atoms with Crippen LogP contribution in [0.3, 0.4) is 0 Å². The van der Waals surface area contributed by atoms with Crippen LogP contribution in [0.2, 0.25) is 0 Å². The van der Waals surface area contributed by atoms with Gasteiger partial charge >= 0.3 is 5.97 Å². The second-order valence-corrected chi connectivity index (χ2v) is 4.67. The summed E-state index contributed by atoms with van der Waals surface area (Å²) in [7, 11) is 0. The van der Waals surface area contributed by atoms with Crippen LogP contribution in [-0.4, -0.2) is 32.4 Å². The molecule has 0 spiro atoms. The molecule has 0 aliphatic heterocycles. The van der Waals surface area contributed by atoms with E-state index in [1.54, 1.807) is 16.7 Å². The number of pyridine rings is 1. The molecule has 0 saturated carbocycles. The number of carbonyl (C=O) groups is 2. The minimum absolute atomic E-state index is 0.224. The van der Waals surface area contributed by atoms with Gasteiger partial charge in [-0.3, -0.25) is 4.79 Å². The van der Waals surface area contributed by atoms with Crippen LogP contribution in [0.15, 0.2) is 24.4 Å². The van der Waals surface area contributed by atoms with Crippen LogP contribution in [0.4, 0.5) is 0 Å². The Hall–Kier alpha value is -2.37. The zero-order valence-corrected chi connectivity index (χ0v) is 11.5. The first-order chi connectivity index (χ1) is 9.52. The molecule has 1 amide bonds. The van der Waals surface area contributed by atoms with Gasteiger partial charge in [-0.2, -0.15) is 0 Å². The molecule has 0 aliphatic carbocycles. The Kier molecular flexibility index (Phi) is 4.02. The Morgan fingerprint density at radius 2 is 2.20 bits per heavy atom. The van der Waals surface area contributed by atoms with E-state index >= 15 is 0 Å². The first kappa shape index (κ1) is 14.0. The first-order valence-electron chi connectivity index (χ1n) is 6.51. The molecule has 1 unspecified atom stereocenters. The molecule has 0 aromatic carbocycles. The van der Waals surface area contributed by atoms with Crippen LogP contribution < -0.4 is 5.32 Å². The lowest BCUT2D eigenvalue weighted by Gasteiger charge is -2.12. The number of aliphatic carboxylic acids is 1. The number of hydrogen-bond donors (Lipinski definition) is 2. The predicted octanol–water partition coefficient (Wildman–Crippen LogP) is 1.63. The highest BCUT2D eigenvalue weighted by Gasteiger charge is 2.21. The fourth-order valence-electron chi connectivity index (χ4n) is 2.04. The summed E-state index contributed by atoms with van der Waals surface area (Å²) in [6, 6.07) is 4.69. The van der Waals surface area contributed by atoms with E-state index in [1.807, 2.05) is 26.0 Å². The second-order valence-electron chi connectivity index (χ2n) is 4.67. The lowest BCUT2D eigenvalue weighted by Crippen LogP contribution is -2.40. The Bertz CT molecular complexity index is 648. The normalized spacial score (nSPS) is 12.3. The predicted molar refractivity (Wildman–Crippen MR) is 73.7 cm³/mol. The summed E-state index contributed by atoms with van der Waals surface area (Å²) >= 11 is 0. The number of imidazole rings is 1. The average molecular weight is 275 g/mol. The van der Waals surface area contributed by atoms with E-state index < -0.39 is 17.9 Å².